The lowest BCUT2D eigenvalue weighted by molar-refractivity contribution is 0.0601. The number of benzene rings is 1. The quantitative estimate of drug-likeness (QED) is 0.821. The van der Waals surface area contributed by atoms with Crippen LogP contribution in [-0.4, -0.2) is 27.3 Å². The van der Waals surface area contributed by atoms with Gasteiger partial charge in [0.1, 0.15) is 16.5 Å². The van der Waals surface area contributed by atoms with Crippen LogP contribution in [0.2, 0.25) is 0 Å². The van der Waals surface area contributed by atoms with Crippen LogP contribution in [0.15, 0.2) is 18.2 Å². The highest BCUT2D eigenvalue weighted by molar-refractivity contribution is 7.16. The molecule has 1 heterocycles. The van der Waals surface area contributed by atoms with Gasteiger partial charge in [0.25, 0.3) is 0 Å². The van der Waals surface area contributed by atoms with Crippen molar-refractivity contribution < 1.29 is 19.0 Å². The zero-order valence-electron chi connectivity index (χ0n) is 13.8. The van der Waals surface area contributed by atoms with Crippen LogP contribution in [0.3, 0.4) is 0 Å². The SMILES string of the molecule is COC(=O)c1c(N)sc(CCc2cc(OC)ccc2OC)c1C. The second-order valence-corrected chi connectivity index (χ2v) is 6.20. The molecule has 0 atom stereocenters. The molecule has 0 aliphatic carbocycles. The van der Waals surface area contributed by atoms with Crippen molar-refractivity contribution in [2.24, 2.45) is 0 Å². The van der Waals surface area contributed by atoms with Gasteiger partial charge < -0.3 is 19.9 Å². The molecule has 6 heteroatoms. The topological polar surface area (TPSA) is 70.8 Å². The summed E-state index contributed by atoms with van der Waals surface area (Å²) in [4.78, 5) is 12.9. The standard InChI is InChI=1S/C17H21NO4S/c1-10-14(23-16(18)15(10)17(19)22-4)8-5-11-9-12(20-2)6-7-13(11)21-3/h6-7,9H,5,8,18H2,1-4H3. The summed E-state index contributed by atoms with van der Waals surface area (Å²) in [6, 6.07) is 5.72. The first kappa shape index (κ1) is 17.1. The zero-order valence-corrected chi connectivity index (χ0v) is 14.6. The van der Waals surface area contributed by atoms with E-state index in [1.807, 2.05) is 25.1 Å². The number of hydrogen-bond acceptors (Lipinski definition) is 6. The lowest BCUT2D eigenvalue weighted by Crippen LogP contribution is -2.05. The average Bonchev–Trinajstić information content (AvgIpc) is 2.85. The summed E-state index contributed by atoms with van der Waals surface area (Å²) in [5, 5.41) is 0.502. The van der Waals surface area contributed by atoms with Crippen molar-refractivity contribution in [2.45, 2.75) is 19.8 Å². The van der Waals surface area contributed by atoms with Gasteiger partial charge in [-0.25, -0.2) is 4.79 Å². The second kappa shape index (κ2) is 7.37. The first-order valence-electron chi connectivity index (χ1n) is 7.18. The van der Waals surface area contributed by atoms with Crippen LogP contribution in [0.5, 0.6) is 11.5 Å². The second-order valence-electron chi connectivity index (χ2n) is 5.06. The van der Waals surface area contributed by atoms with E-state index >= 15 is 0 Å². The molecule has 124 valence electrons. The maximum Gasteiger partial charge on any atom is 0.341 e. The molecule has 2 aromatic rings. The molecular weight excluding hydrogens is 314 g/mol. The molecule has 0 radical (unpaired) electrons. The number of rotatable bonds is 6. The summed E-state index contributed by atoms with van der Waals surface area (Å²) in [6.45, 7) is 1.90. The van der Waals surface area contributed by atoms with Crippen LogP contribution in [0.25, 0.3) is 0 Å². The van der Waals surface area contributed by atoms with Crippen molar-refractivity contribution in [3.63, 3.8) is 0 Å². The molecule has 0 amide bonds. The summed E-state index contributed by atoms with van der Waals surface area (Å²) in [5.74, 6) is 1.22. The average molecular weight is 335 g/mol. The van der Waals surface area contributed by atoms with E-state index < -0.39 is 0 Å². The minimum absolute atomic E-state index is 0.388. The molecule has 0 aliphatic rings. The van der Waals surface area contributed by atoms with Crippen molar-refractivity contribution in [1.29, 1.82) is 0 Å². The molecule has 2 rings (SSSR count). The zero-order chi connectivity index (χ0) is 17.0. The number of nitrogen functional groups attached to an aromatic ring is 1. The van der Waals surface area contributed by atoms with E-state index in [2.05, 4.69) is 0 Å². The molecule has 0 saturated carbocycles. The highest BCUT2D eigenvalue weighted by Crippen LogP contribution is 2.33. The van der Waals surface area contributed by atoms with Gasteiger partial charge in [0, 0.05) is 4.88 Å². The normalized spacial score (nSPS) is 10.4. The van der Waals surface area contributed by atoms with Crippen molar-refractivity contribution in [1.82, 2.24) is 0 Å². The predicted octanol–water partition coefficient (Wildman–Crippen LogP) is 3.23. The molecule has 23 heavy (non-hydrogen) atoms. The van der Waals surface area contributed by atoms with E-state index in [0.717, 1.165) is 40.3 Å². The molecule has 1 aromatic carbocycles. The highest BCUT2D eigenvalue weighted by Gasteiger charge is 2.20. The smallest absolute Gasteiger partial charge is 0.341 e. The monoisotopic (exact) mass is 335 g/mol. The number of thiophene rings is 1. The summed E-state index contributed by atoms with van der Waals surface area (Å²) in [6.07, 6.45) is 1.53. The van der Waals surface area contributed by atoms with Crippen molar-refractivity contribution >= 4 is 22.3 Å². The Labute approximate surface area is 140 Å². The van der Waals surface area contributed by atoms with E-state index in [-0.39, 0.29) is 5.97 Å². The van der Waals surface area contributed by atoms with Crippen LogP contribution in [0.4, 0.5) is 5.00 Å². The Morgan fingerprint density at radius 3 is 2.52 bits per heavy atom. The van der Waals surface area contributed by atoms with Crippen molar-refractivity contribution in [3.05, 3.63) is 39.8 Å². The summed E-state index contributed by atoms with van der Waals surface area (Å²) in [7, 11) is 4.65. The van der Waals surface area contributed by atoms with Crippen LogP contribution in [-0.2, 0) is 17.6 Å². The van der Waals surface area contributed by atoms with E-state index in [0.29, 0.717) is 10.6 Å². The van der Waals surface area contributed by atoms with E-state index in [1.165, 1.54) is 18.4 Å². The Morgan fingerprint density at radius 2 is 1.91 bits per heavy atom. The number of nitrogens with two attached hydrogens (primary N) is 1. The Morgan fingerprint density at radius 1 is 1.17 bits per heavy atom. The fourth-order valence-electron chi connectivity index (χ4n) is 2.50. The van der Waals surface area contributed by atoms with Gasteiger partial charge in [0.15, 0.2) is 0 Å². The predicted molar refractivity (Wildman–Crippen MR) is 91.8 cm³/mol. The van der Waals surface area contributed by atoms with Crippen molar-refractivity contribution in [2.75, 3.05) is 27.1 Å². The lowest BCUT2D eigenvalue weighted by atomic mass is 10.0. The largest absolute Gasteiger partial charge is 0.497 e. The Kier molecular flexibility index (Phi) is 5.50. The number of methoxy groups -OCH3 is 3. The third-order valence-corrected chi connectivity index (χ3v) is 4.95. The summed E-state index contributed by atoms with van der Waals surface area (Å²) in [5.41, 5.74) is 8.38. The molecule has 0 aliphatic heterocycles. The third kappa shape index (κ3) is 3.59. The molecular formula is C17H21NO4S. The van der Waals surface area contributed by atoms with Crippen LogP contribution in [0, 0.1) is 6.92 Å². The number of carbonyl (C=O) groups excluding carboxylic acids is 1. The summed E-state index contributed by atoms with van der Waals surface area (Å²) >= 11 is 1.43. The highest BCUT2D eigenvalue weighted by atomic mass is 32.1. The molecule has 0 fully saturated rings. The maximum absolute atomic E-state index is 11.8. The first-order chi connectivity index (χ1) is 11.0. The number of anilines is 1. The van der Waals surface area contributed by atoms with E-state index in [1.54, 1.807) is 14.2 Å². The lowest BCUT2D eigenvalue weighted by Gasteiger charge is -2.10. The van der Waals surface area contributed by atoms with E-state index in [9.17, 15) is 4.79 Å². The molecule has 0 spiro atoms. The van der Waals surface area contributed by atoms with Gasteiger partial charge in [-0.3, -0.25) is 0 Å². The number of hydrogen-bond donors (Lipinski definition) is 1. The summed E-state index contributed by atoms with van der Waals surface area (Å²) < 4.78 is 15.5. The van der Waals surface area contributed by atoms with Gasteiger partial charge >= 0.3 is 5.97 Å². The molecule has 5 nitrogen and oxygen atoms in total. The van der Waals surface area contributed by atoms with Gasteiger partial charge in [0.2, 0.25) is 0 Å². The number of ether oxygens (including phenoxy) is 3. The molecule has 0 bridgehead atoms. The molecule has 0 unspecified atom stereocenters. The maximum atomic E-state index is 11.8. The number of aryl methyl sites for hydroxylation is 2. The Bertz CT molecular complexity index is 709. The van der Waals surface area contributed by atoms with Gasteiger partial charge in [-0.2, -0.15) is 0 Å². The fourth-order valence-corrected chi connectivity index (χ4v) is 3.57. The Balaban J connectivity index is 2.23. The van der Waals surface area contributed by atoms with Crippen LogP contribution in [0.1, 0.15) is 26.4 Å². The fraction of sp³-hybridized carbons (Fsp3) is 0.353. The number of carbonyl (C=O) groups is 1. The first-order valence-corrected chi connectivity index (χ1v) is 8.00. The van der Waals surface area contributed by atoms with Gasteiger partial charge in [-0.15, -0.1) is 11.3 Å². The van der Waals surface area contributed by atoms with E-state index in [4.69, 9.17) is 19.9 Å². The molecule has 1 aromatic heterocycles. The van der Waals surface area contributed by atoms with Crippen LogP contribution < -0.4 is 15.2 Å². The minimum Gasteiger partial charge on any atom is -0.497 e. The minimum atomic E-state index is -0.388. The van der Waals surface area contributed by atoms with Gasteiger partial charge in [-0.1, -0.05) is 0 Å². The van der Waals surface area contributed by atoms with Gasteiger partial charge in [-0.05, 0) is 49.1 Å². The molecule has 2 N–H and O–H groups in total. The van der Waals surface area contributed by atoms with Crippen molar-refractivity contribution in [3.8, 4) is 11.5 Å². The van der Waals surface area contributed by atoms with Crippen LogP contribution >= 0.6 is 11.3 Å². The van der Waals surface area contributed by atoms with Gasteiger partial charge in [0.05, 0.1) is 26.9 Å². The molecule has 0 saturated heterocycles. The number of esters is 1. The third-order valence-electron chi connectivity index (χ3n) is 3.77. The Hall–Kier alpha value is -2.21.